The number of nitrogens with zero attached hydrogens (tertiary/aromatic N) is 5. The van der Waals surface area contributed by atoms with E-state index in [1.165, 1.54) is 0 Å². The number of pyridine rings is 2. The van der Waals surface area contributed by atoms with Gasteiger partial charge in [-0.25, -0.2) is 14.4 Å². The van der Waals surface area contributed by atoms with Gasteiger partial charge in [-0.1, -0.05) is 0 Å². The minimum atomic E-state index is -4.80. The molecule has 0 radical (unpaired) electrons. The summed E-state index contributed by atoms with van der Waals surface area (Å²) in [6.45, 7) is 0. The largest absolute Gasteiger partial charge is 0.472 e. The lowest BCUT2D eigenvalue weighted by molar-refractivity contribution is -0.140. The van der Waals surface area contributed by atoms with Crippen LogP contribution in [0.3, 0.4) is 0 Å². The SMILES string of the molecule is CNc1cc2c(cn1)c(-c1ccn(C)n1)cn2C1CCC(Oc2nccc(C(F)(F)F)c2F)CC1. The monoisotopic (exact) mass is 488 g/mol. The van der Waals surface area contributed by atoms with E-state index in [0.717, 1.165) is 34.2 Å². The van der Waals surface area contributed by atoms with Crippen LogP contribution in [0.2, 0.25) is 0 Å². The highest BCUT2D eigenvalue weighted by Gasteiger charge is 2.36. The Labute approximate surface area is 198 Å². The van der Waals surface area contributed by atoms with Crippen molar-refractivity contribution in [3.05, 3.63) is 54.4 Å². The fourth-order valence-electron chi connectivity index (χ4n) is 4.67. The highest BCUT2D eigenvalue weighted by molar-refractivity contribution is 5.95. The number of anilines is 1. The minimum absolute atomic E-state index is 0.140. The number of fused-ring (bicyclic) bond motifs is 1. The number of hydrogen-bond donors (Lipinski definition) is 1. The maximum absolute atomic E-state index is 14.3. The van der Waals surface area contributed by atoms with Crippen molar-refractivity contribution in [3.63, 3.8) is 0 Å². The lowest BCUT2D eigenvalue weighted by atomic mass is 9.92. The molecule has 0 spiro atoms. The van der Waals surface area contributed by atoms with E-state index in [0.29, 0.717) is 31.7 Å². The molecule has 4 aromatic heterocycles. The molecule has 184 valence electrons. The first-order valence-electron chi connectivity index (χ1n) is 11.3. The van der Waals surface area contributed by atoms with Crippen molar-refractivity contribution in [2.45, 2.75) is 44.0 Å². The van der Waals surface area contributed by atoms with Crippen LogP contribution in [0.15, 0.2) is 43.0 Å². The second-order valence-corrected chi connectivity index (χ2v) is 8.69. The number of nitrogens with one attached hydrogen (secondary N) is 1. The number of alkyl halides is 3. The van der Waals surface area contributed by atoms with Gasteiger partial charge in [-0.15, -0.1) is 0 Å². The number of aromatic nitrogens is 5. The summed E-state index contributed by atoms with van der Waals surface area (Å²) >= 11 is 0. The molecule has 1 saturated carbocycles. The van der Waals surface area contributed by atoms with Crippen LogP contribution < -0.4 is 10.1 Å². The first-order chi connectivity index (χ1) is 16.7. The normalized spacial score (nSPS) is 18.7. The van der Waals surface area contributed by atoms with Gasteiger partial charge in [-0.05, 0) is 37.8 Å². The number of halogens is 4. The molecule has 1 aliphatic rings. The van der Waals surface area contributed by atoms with Crippen molar-refractivity contribution >= 4 is 16.7 Å². The predicted molar refractivity (Wildman–Crippen MR) is 123 cm³/mol. The standard InChI is InChI=1S/C24H24F4N6O/c1-29-21-11-20-16(12-31-21)17(19-8-10-33(2)32-19)13-34(20)14-3-5-15(6-4-14)35-23-22(25)18(7-9-30-23)24(26,27)28/h7-15H,3-6H2,1-2H3,(H,29,31). The van der Waals surface area contributed by atoms with Gasteiger partial charge in [0.1, 0.15) is 11.9 Å². The highest BCUT2D eigenvalue weighted by Crippen LogP contribution is 2.39. The molecule has 0 atom stereocenters. The summed E-state index contributed by atoms with van der Waals surface area (Å²) in [4.78, 5) is 8.16. The molecule has 4 aromatic rings. The molecular formula is C24H24F4N6O. The van der Waals surface area contributed by atoms with Crippen LogP contribution in [0, 0.1) is 5.82 Å². The van der Waals surface area contributed by atoms with Gasteiger partial charge >= 0.3 is 6.18 Å². The molecule has 11 heteroatoms. The third-order valence-electron chi connectivity index (χ3n) is 6.44. The van der Waals surface area contributed by atoms with Crippen LogP contribution in [0.5, 0.6) is 5.88 Å². The zero-order chi connectivity index (χ0) is 24.7. The average molecular weight is 488 g/mol. The molecule has 35 heavy (non-hydrogen) atoms. The van der Waals surface area contributed by atoms with E-state index in [4.69, 9.17) is 4.74 Å². The summed E-state index contributed by atoms with van der Waals surface area (Å²) in [5.74, 6) is -1.32. The molecule has 0 bridgehead atoms. The van der Waals surface area contributed by atoms with Crippen LogP contribution in [-0.4, -0.2) is 37.5 Å². The predicted octanol–water partition coefficient (Wildman–Crippen LogP) is 5.59. The van der Waals surface area contributed by atoms with E-state index in [2.05, 4.69) is 31.1 Å². The van der Waals surface area contributed by atoms with Crippen LogP contribution >= 0.6 is 0 Å². The van der Waals surface area contributed by atoms with Crippen molar-refractivity contribution < 1.29 is 22.3 Å². The molecule has 1 fully saturated rings. The maximum atomic E-state index is 14.3. The number of rotatable bonds is 5. The Kier molecular flexibility index (Phi) is 5.86. The summed E-state index contributed by atoms with van der Waals surface area (Å²) in [6, 6.07) is 4.70. The molecule has 0 aromatic carbocycles. The van der Waals surface area contributed by atoms with E-state index in [1.54, 1.807) is 4.68 Å². The zero-order valence-electron chi connectivity index (χ0n) is 19.2. The lowest BCUT2D eigenvalue weighted by Crippen LogP contribution is -2.26. The Balaban J connectivity index is 1.38. The fourth-order valence-corrected chi connectivity index (χ4v) is 4.67. The molecule has 1 N–H and O–H groups in total. The van der Waals surface area contributed by atoms with Gasteiger partial charge in [0, 0.05) is 61.9 Å². The summed E-state index contributed by atoms with van der Waals surface area (Å²) in [6.07, 6.45) is 4.06. The lowest BCUT2D eigenvalue weighted by Gasteiger charge is -2.30. The first kappa shape index (κ1) is 23.1. The summed E-state index contributed by atoms with van der Waals surface area (Å²) in [5.41, 5.74) is 1.47. The van der Waals surface area contributed by atoms with Gasteiger partial charge in [0.15, 0.2) is 5.82 Å². The number of aryl methyl sites for hydroxylation is 1. The van der Waals surface area contributed by atoms with Gasteiger partial charge in [0.05, 0.1) is 16.8 Å². The van der Waals surface area contributed by atoms with Gasteiger partial charge in [0.2, 0.25) is 0 Å². The van der Waals surface area contributed by atoms with Gasteiger partial charge < -0.3 is 14.6 Å². The Bertz CT molecular complexity index is 1350. The van der Waals surface area contributed by atoms with Crippen molar-refractivity contribution in [1.29, 1.82) is 0 Å². The molecule has 0 aliphatic heterocycles. The van der Waals surface area contributed by atoms with Crippen LogP contribution in [-0.2, 0) is 13.2 Å². The Morgan fingerprint density at radius 3 is 2.54 bits per heavy atom. The van der Waals surface area contributed by atoms with Gasteiger partial charge in [-0.2, -0.15) is 18.3 Å². The molecule has 7 nitrogen and oxygen atoms in total. The molecule has 0 amide bonds. The summed E-state index contributed by atoms with van der Waals surface area (Å²) in [5, 5.41) is 8.59. The quantitative estimate of drug-likeness (QED) is 0.371. The van der Waals surface area contributed by atoms with Crippen molar-refractivity contribution in [1.82, 2.24) is 24.3 Å². The van der Waals surface area contributed by atoms with Gasteiger partial charge in [0.25, 0.3) is 5.88 Å². The van der Waals surface area contributed by atoms with Crippen molar-refractivity contribution in [2.24, 2.45) is 7.05 Å². The molecular weight excluding hydrogens is 464 g/mol. The van der Waals surface area contributed by atoms with Crippen LogP contribution in [0.1, 0.15) is 37.3 Å². The fraction of sp³-hybridized carbons (Fsp3) is 0.375. The second kappa shape index (κ2) is 8.86. The molecule has 1 aliphatic carbocycles. The van der Waals surface area contributed by atoms with Crippen LogP contribution in [0.4, 0.5) is 23.4 Å². The zero-order valence-corrected chi connectivity index (χ0v) is 19.2. The molecule has 4 heterocycles. The molecule has 0 saturated heterocycles. The first-order valence-corrected chi connectivity index (χ1v) is 11.3. The third kappa shape index (κ3) is 4.42. The van der Waals surface area contributed by atoms with Crippen molar-refractivity contribution in [3.8, 4) is 17.1 Å². The smallest absolute Gasteiger partial charge is 0.419 e. The van der Waals surface area contributed by atoms with Gasteiger partial charge in [-0.3, -0.25) is 4.68 Å². The number of hydrogen-bond acceptors (Lipinski definition) is 5. The Hall–Kier alpha value is -3.63. The molecule has 5 rings (SSSR count). The average Bonchev–Trinajstić information content (AvgIpc) is 3.43. The maximum Gasteiger partial charge on any atom is 0.419 e. The molecule has 0 unspecified atom stereocenters. The van der Waals surface area contributed by atoms with E-state index in [-0.39, 0.29) is 6.04 Å². The summed E-state index contributed by atoms with van der Waals surface area (Å²) < 4.78 is 62.9. The van der Waals surface area contributed by atoms with E-state index >= 15 is 0 Å². The van der Waals surface area contributed by atoms with E-state index in [1.807, 2.05) is 38.6 Å². The van der Waals surface area contributed by atoms with E-state index < -0.39 is 29.5 Å². The topological polar surface area (TPSA) is 69.8 Å². The second-order valence-electron chi connectivity index (χ2n) is 8.69. The van der Waals surface area contributed by atoms with Crippen LogP contribution in [0.25, 0.3) is 22.2 Å². The minimum Gasteiger partial charge on any atom is -0.472 e. The number of ether oxygens (including phenoxy) is 1. The highest BCUT2D eigenvalue weighted by atomic mass is 19.4. The summed E-state index contributed by atoms with van der Waals surface area (Å²) in [7, 11) is 3.67. The Morgan fingerprint density at radius 2 is 1.89 bits per heavy atom. The van der Waals surface area contributed by atoms with E-state index in [9.17, 15) is 17.6 Å². The van der Waals surface area contributed by atoms with Crippen molar-refractivity contribution in [2.75, 3.05) is 12.4 Å². The third-order valence-corrected chi connectivity index (χ3v) is 6.44. The Morgan fingerprint density at radius 1 is 1.11 bits per heavy atom.